The molecule has 214 valence electrons. The summed E-state index contributed by atoms with van der Waals surface area (Å²) in [7, 11) is 1.79. The lowest BCUT2D eigenvalue weighted by Crippen LogP contribution is -2.32. The highest BCUT2D eigenvalue weighted by Gasteiger charge is 2.25. The lowest BCUT2D eigenvalue weighted by molar-refractivity contribution is -0.127. The summed E-state index contributed by atoms with van der Waals surface area (Å²) >= 11 is 0. The fourth-order valence-electron chi connectivity index (χ4n) is 2.28. The SMILES string of the molecule is CC.CC.CC.CC(=O)N(C)CCNc1cc(C)ccn1.Cc1ccnc(NCCNCC(F)(F)F)c1. The third kappa shape index (κ3) is 24.6. The monoisotopic (exact) mass is 530 g/mol. The number of alkyl halides is 3. The third-order valence-corrected chi connectivity index (χ3v) is 4.06. The predicted molar refractivity (Wildman–Crippen MR) is 151 cm³/mol. The molecular formula is C27H49F3N6O. The van der Waals surface area contributed by atoms with Gasteiger partial charge in [-0.2, -0.15) is 13.2 Å². The van der Waals surface area contributed by atoms with Gasteiger partial charge >= 0.3 is 6.18 Å². The zero-order chi connectivity index (χ0) is 29.3. The molecule has 0 saturated heterocycles. The number of nitrogens with one attached hydrogen (secondary N) is 3. The minimum Gasteiger partial charge on any atom is -0.369 e. The van der Waals surface area contributed by atoms with Gasteiger partial charge in [0.1, 0.15) is 11.6 Å². The molecule has 0 spiro atoms. The second kappa shape index (κ2) is 24.8. The molecule has 0 fully saturated rings. The minimum atomic E-state index is -4.15. The lowest BCUT2D eigenvalue weighted by atomic mass is 10.3. The van der Waals surface area contributed by atoms with Crippen molar-refractivity contribution in [2.45, 2.75) is 68.5 Å². The molecular weight excluding hydrogens is 481 g/mol. The number of nitrogens with zero attached hydrogens (tertiary/aromatic N) is 3. The van der Waals surface area contributed by atoms with Gasteiger partial charge in [0.2, 0.25) is 5.91 Å². The largest absolute Gasteiger partial charge is 0.401 e. The van der Waals surface area contributed by atoms with Crippen molar-refractivity contribution in [2.24, 2.45) is 0 Å². The number of anilines is 2. The fraction of sp³-hybridized carbons (Fsp3) is 0.593. The average Bonchev–Trinajstić information content (AvgIpc) is 2.87. The number of likely N-dealkylation sites (N-methyl/N-ethyl adjacent to an activating group) is 1. The van der Waals surface area contributed by atoms with Crippen LogP contribution < -0.4 is 16.0 Å². The molecule has 0 saturated carbocycles. The van der Waals surface area contributed by atoms with Crippen LogP contribution in [-0.4, -0.2) is 66.7 Å². The van der Waals surface area contributed by atoms with Crippen LogP contribution in [0.3, 0.4) is 0 Å². The first-order valence-electron chi connectivity index (χ1n) is 12.9. The second-order valence-electron chi connectivity index (χ2n) is 7.02. The van der Waals surface area contributed by atoms with Crippen molar-refractivity contribution in [3.05, 3.63) is 47.8 Å². The maximum absolute atomic E-state index is 11.8. The molecule has 1 amide bonds. The molecule has 2 aromatic heterocycles. The van der Waals surface area contributed by atoms with Crippen molar-refractivity contribution in [1.82, 2.24) is 20.2 Å². The predicted octanol–water partition coefficient (Wildman–Crippen LogP) is 6.31. The number of hydrogen-bond acceptors (Lipinski definition) is 6. The summed E-state index contributed by atoms with van der Waals surface area (Å²) < 4.78 is 35.3. The number of amides is 1. The Hall–Kier alpha value is -2.88. The van der Waals surface area contributed by atoms with Gasteiger partial charge in [-0.3, -0.25) is 4.79 Å². The third-order valence-electron chi connectivity index (χ3n) is 4.06. The highest BCUT2D eigenvalue weighted by atomic mass is 19.4. The van der Waals surface area contributed by atoms with E-state index < -0.39 is 12.7 Å². The number of aryl methyl sites for hydroxylation is 2. The molecule has 2 heterocycles. The molecule has 2 aromatic rings. The van der Waals surface area contributed by atoms with Crippen LogP contribution in [0.15, 0.2) is 36.7 Å². The number of halogens is 3. The quantitative estimate of drug-likeness (QED) is 0.330. The van der Waals surface area contributed by atoms with Crippen molar-refractivity contribution in [3.63, 3.8) is 0 Å². The number of rotatable bonds is 9. The van der Waals surface area contributed by atoms with Crippen molar-refractivity contribution < 1.29 is 18.0 Å². The molecule has 3 N–H and O–H groups in total. The Kier molecular flexibility index (Phi) is 25.9. The number of aromatic nitrogens is 2. The number of carbonyl (C=O) groups excluding carboxylic acids is 1. The highest BCUT2D eigenvalue weighted by Crippen LogP contribution is 2.12. The van der Waals surface area contributed by atoms with Gasteiger partial charge < -0.3 is 20.9 Å². The number of carbonyl (C=O) groups is 1. The molecule has 0 unspecified atom stereocenters. The molecule has 0 aliphatic rings. The van der Waals surface area contributed by atoms with Gasteiger partial charge in [0.05, 0.1) is 6.54 Å². The number of pyridine rings is 2. The van der Waals surface area contributed by atoms with E-state index in [-0.39, 0.29) is 12.5 Å². The van der Waals surface area contributed by atoms with Crippen molar-refractivity contribution in [1.29, 1.82) is 0 Å². The normalized spacial score (nSPS) is 9.43. The van der Waals surface area contributed by atoms with E-state index in [0.717, 1.165) is 11.4 Å². The summed E-state index contributed by atoms with van der Waals surface area (Å²) in [5.41, 5.74) is 2.23. The first-order chi connectivity index (χ1) is 17.6. The lowest BCUT2D eigenvalue weighted by Gasteiger charge is -2.15. The van der Waals surface area contributed by atoms with E-state index >= 15 is 0 Å². The summed E-state index contributed by atoms with van der Waals surface area (Å²) in [5, 5.41) is 8.39. The molecule has 10 heteroatoms. The zero-order valence-corrected chi connectivity index (χ0v) is 24.4. The van der Waals surface area contributed by atoms with Crippen LogP contribution in [0.5, 0.6) is 0 Å². The molecule has 0 radical (unpaired) electrons. The van der Waals surface area contributed by atoms with Gasteiger partial charge in [0.25, 0.3) is 0 Å². The van der Waals surface area contributed by atoms with E-state index in [1.165, 1.54) is 5.56 Å². The maximum Gasteiger partial charge on any atom is 0.401 e. The van der Waals surface area contributed by atoms with E-state index in [4.69, 9.17) is 0 Å². The summed E-state index contributed by atoms with van der Waals surface area (Å²) in [5.74, 6) is 1.61. The van der Waals surface area contributed by atoms with E-state index in [0.29, 0.717) is 25.5 Å². The van der Waals surface area contributed by atoms with E-state index in [2.05, 4.69) is 25.9 Å². The molecule has 7 nitrogen and oxygen atoms in total. The topological polar surface area (TPSA) is 82.2 Å². The maximum atomic E-state index is 11.8. The Morgan fingerprint density at radius 1 is 0.838 bits per heavy atom. The Labute approximate surface area is 222 Å². The molecule has 0 aliphatic heterocycles. The van der Waals surface area contributed by atoms with Crippen molar-refractivity contribution in [2.75, 3.05) is 50.4 Å². The first kappa shape index (κ1) is 38.6. The van der Waals surface area contributed by atoms with Gasteiger partial charge in [0, 0.05) is 52.5 Å². The van der Waals surface area contributed by atoms with Crippen LogP contribution in [0.1, 0.15) is 59.6 Å². The zero-order valence-electron chi connectivity index (χ0n) is 24.4. The van der Waals surface area contributed by atoms with Gasteiger partial charge in [0.15, 0.2) is 0 Å². The van der Waals surface area contributed by atoms with Crippen LogP contribution in [0.25, 0.3) is 0 Å². The highest BCUT2D eigenvalue weighted by molar-refractivity contribution is 5.72. The summed E-state index contributed by atoms with van der Waals surface area (Å²) in [4.78, 5) is 20.8. The van der Waals surface area contributed by atoms with Crippen LogP contribution in [0.4, 0.5) is 24.8 Å². The van der Waals surface area contributed by atoms with Gasteiger partial charge in [-0.15, -0.1) is 0 Å². The molecule has 0 bridgehead atoms. The van der Waals surface area contributed by atoms with E-state index in [1.807, 2.05) is 79.7 Å². The molecule has 0 aromatic carbocycles. The van der Waals surface area contributed by atoms with Crippen LogP contribution in [0.2, 0.25) is 0 Å². The van der Waals surface area contributed by atoms with Crippen molar-refractivity contribution in [3.8, 4) is 0 Å². The Morgan fingerprint density at radius 2 is 1.27 bits per heavy atom. The molecule has 0 atom stereocenters. The van der Waals surface area contributed by atoms with Crippen LogP contribution >= 0.6 is 0 Å². The summed E-state index contributed by atoms with van der Waals surface area (Å²) in [6.07, 6.45) is -0.727. The fourth-order valence-corrected chi connectivity index (χ4v) is 2.28. The average molecular weight is 531 g/mol. The molecule has 2 rings (SSSR count). The Morgan fingerprint density at radius 3 is 1.65 bits per heavy atom. The van der Waals surface area contributed by atoms with E-state index in [1.54, 1.807) is 31.3 Å². The van der Waals surface area contributed by atoms with Gasteiger partial charge in [-0.05, 0) is 49.2 Å². The standard InChI is InChI=1S/C11H17N3O.C10H14F3N3.3C2H6/c1-9-4-5-12-11(8-9)13-6-7-14(3)10(2)15;1-8-2-3-15-9(6-8)16-5-4-14-7-10(11,12)13;3*1-2/h4-5,8H,6-7H2,1-3H3,(H,12,13);2-3,6,14H,4-5,7H2,1H3,(H,15,16);3*1-2H3. The summed E-state index contributed by atoms with van der Waals surface area (Å²) in [6, 6.07) is 7.62. The van der Waals surface area contributed by atoms with E-state index in [9.17, 15) is 18.0 Å². The smallest absolute Gasteiger partial charge is 0.369 e. The van der Waals surface area contributed by atoms with Gasteiger partial charge in [-0.1, -0.05) is 41.5 Å². The van der Waals surface area contributed by atoms with Crippen molar-refractivity contribution >= 4 is 17.5 Å². The second-order valence-corrected chi connectivity index (χ2v) is 7.02. The molecule has 37 heavy (non-hydrogen) atoms. The minimum absolute atomic E-state index is 0.0778. The van der Waals surface area contributed by atoms with Gasteiger partial charge in [-0.25, -0.2) is 9.97 Å². The Balaban J connectivity index is -0.000000520. The van der Waals surface area contributed by atoms with Crippen LogP contribution in [-0.2, 0) is 4.79 Å². The first-order valence-corrected chi connectivity index (χ1v) is 12.9. The summed E-state index contributed by atoms with van der Waals surface area (Å²) in [6.45, 7) is 18.6. The van der Waals surface area contributed by atoms with Crippen LogP contribution in [0, 0.1) is 13.8 Å². The molecule has 0 aliphatic carbocycles. The number of hydrogen-bond donors (Lipinski definition) is 3. The Bertz CT molecular complexity index is 804.